The molecule has 1 amide bonds. The van der Waals surface area contributed by atoms with E-state index in [0.29, 0.717) is 61.4 Å². The number of carbonyl (C=O) groups excluding carboxylic acids is 1. The fourth-order valence-electron chi connectivity index (χ4n) is 5.97. The molecule has 40 heavy (non-hydrogen) atoms. The van der Waals surface area contributed by atoms with Crippen LogP contribution in [-0.4, -0.2) is 77.6 Å². The average molecular weight is 560 g/mol. The van der Waals surface area contributed by atoms with Gasteiger partial charge in [-0.15, -0.1) is 0 Å². The molecule has 0 spiro atoms. The number of carbonyl (C=O) groups is 1. The highest BCUT2D eigenvalue weighted by atomic mass is 35.5. The SMILES string of the molecule is C=CC(=O)N1CCN(c2nc(OC[C@@H]3CCCN3C)nc3c2CC=C(c2cccc4cccc(Cl)c24)O3)[C@@H](C)C1. The van der Waals surface area contributed by atoms with E-state index >= 15 is 0 Å². The Kier molecular flexibility index (Phi) is 7.38. The Labute approximate surface area is 239 Å². The minimum absolute atomic E-state index is 0.0488. The van der Waals surface area contributed by atoms with Crippen molar-refractivity contribution in [2.24, 2.45) is 0 Å². The predicted octanol–water partition coefficient (Wildman–Crippen LogP) is 4.96. The van der Waals surface area contributed by atoms with E-state index in [-0.39, 0.29) is 11.9 Å². The number of piperazine rings is 1. The molecule has 1 aromatic heterocycles. The second-order valence-corrected chi connectivity index (χ2v) is 11.2. The molecule has 208 valence electrons. The quantitative estimate of drug-likeness (QED) is 0.395. The van der Waals surface area contributed by atoms with Crippen molar-refractivity contribution in [1.82, 2.24) is 19.8 Å². The molecule has 0 radical (unpaired) electrons. The molecular formula is C31H34ClN5O3. The number of ether oxygens (including phenoxy) is 2. The van der Waals surface area contributed by atoms with Crippen LogP contribution in [0, 0.1) is 0 Å². The Bertz CT molecular complexity index is 1490. The van der Waals surface area contributed by atoms with E-state index in [1.54, 1.807) is 0 Å². The van der Waals surface area contributed by atoms with Gasteiger partial charge in [0.15, 0.2) is 0 Å². The van der Waals surface area contributed by atoms with Crippen LogP contribution in [0.3, 0.4) is 0 Å². The summed E-state index contributed by atoms with van der Waals surface area (Å²) in [5.41, 5.74) is 1.84. The van der Waals surface area contributed by atoms with Gasteiger partial charge < -0.3 is 24.2 Å². The van der Waals surface area contributed by atoms with Gasteiger partial charge in [0, 0.05) is 54.1 Å². The van der Waals surface area contributed by atoms with E-state index in [1.165, 1.54) is 6.08 Å². The maximum absolute atomic E-state index is 12.3. The molecule has 6 rings (SSSR count). The Morgan fingerprint density at radius 1 is 1.20 bits per heavy atom. The number of nitrogens with zero attached hydrogens (tertiary/aromatic N) is 5. The lowest BCUT2D eigenvalue weighted by Gasteiger charge is -2.41. The Hall–Kier alpha value is -3.62. The summed E-state index contributed by atoms with van der Waals surface area (Å²) in [4.78, 5) is 28.3. The van der Waals surface area contributed by atoms with Crippen molar-refractivity contribution in [2.75, 3.05) is 44.7 Å². The normalized spacial score (nSPS) is 21.1. The van der Waals surface area contributed by atoms with Gasteiger partial charge in [0.2, 0.25) is 11.8 Å². The molecule has 8 nitrogen and oxygen atoms in total. The van der Waals surface area contributed by atoms with Crippen LogP contribution in [0.5, 0.6) is 11.9 Å². The first-order valence-electron chi connectivity index (χ1n) is 13.9. The Balaban J connectivity index is 1.35. The third-order valence-electron chi connectivity index (χ3n) is 8.21. The predicted molar refractivity (Wildman–Crippen MR) is 158 cm³/mol. The third-order valence-corrected chi connectivity index (χ3v) is 8.52. The summed E-state index contributed by atoms with van der Waals surface area (Å²) in [5, 5.41) is 2.68. The van der Waals surface area contributed by atoms with Crippen molar-refractivity contribution in [3.63, 3.8) is 0 Å². The number of likely N-dealkylation sites (tertiary alicyclic amines) is 1. The summed E-state index contributed by atoms with van der Waals surface area (Å²) in [5.74, 6) is 1.96. The molecule has 3 aliphatic heterocycles. The highest BCUT2D eigenvalue weighted by Gasteiger charge is 2.32. The first kappa shape index (κ1) is 26.6. The van der Waals surface area contributed by atoms with Crippen molar-refractivity contribution >= 4 is 39.9 Å². The third kappa shape index (κ3) is 5.02. The fraction of sp³-hybridized carbons (Fsp3) is 0.387. The number of halogens is 1. The van der Waals surface area contributed by atoms with Crippen molar-refractivity contribution in [3.8, 4) is 11.9 Å². The number of benzene rings is 2. The molecule has 0 aliphatic carbocycles. The lowest BCUT2D eigenvalue weighted by molar-refractivity contribution is -0.126. The van der Waals surface area contributed by atoms with Gasteiger partial charge >= 0.3 is 6.01 Å². The van der Waals surface area contributed by atoms with Crippen LogP contribution in [0.15, 0.2) is 55.1 Å². The fourth-order valence-corrected chi connectivity index (χ4v) is 6.25. The number of aromatic nitrogens is 2. The zero-order valence-corrected chi connectivity index (χ0v) is 23.7. The van der Waals surface area contributed by atoms with E-state index in [4.69, 9.17) is 31.0 Å². The highest BCUT2D eigenvalue weighted by molar-refractivity contribution is 6.36. The molecule has 3 aliphatic rings. The van der Waals surface area contributed by atoms with E-state index in [0.717, 1.165) is 47.1 Å². The molecule has 9 heteroatoms. The number of amides is 1. The lowest BCUT2D eigenvalue weighted by Crippen LogP contribution is -2.54. The number of hydrogen-bond donors (Lipinski definition) is 0. The molecule has 4 heterocycles. The van der Waals surface area contributed by atoms with Gasteiger partial charge in [-0.05, 0) is 57.0 Å². The molecule has 2 fully saturated rings. The van der Waals surface area contributed by atoms with E-state index in [9.17, 15) is 4.79 Å². The molecule has 2 aromatic carbocycles. The van der Waals surface area contributed by atoms with Crippen LogP contribution in [0.25, 0.3) is 16.5 Å². The monoisotopic (exact) mass is 559 g/mol. The zero-order chi connectivity index (χ0) is 27.8. The molecule has 3 aromatic rings. The van der Waals surface area contributed by atoms with Gasteiger partial charge in [-0.1, -0.05) is 48.5 Å². The molecule has 2 saturated heterocycles. The van der Waals surface area contributed by atoms with Gasteiger partial charge in [0.25, 0.3) is 0 Å². The van der Waals surface area contributed by atoms with Crippen molar-refractivity contribution < 1.29 is 14.3 Å². The van der Waals surface area contributed by atoms with Crippen LogP contribution in [-0.2, 0) is 11.2 Å². The van der Waals surface area contributed by atoms with Crippen molar-refractivity contribution in [1.29, 1.82) is 0 Å². The second kappa shape index (κ2) is 11.1. The smallest absolute Gasteiger partial charge is 0.321 e. The number of rotatable bonds is 6. The minimum atomic E-state index is -0.0504. The first-order chi connectivity index (χ1) is 19.4. The summed E-state index contributed by atoms with van der Waals surface area (Å²) in [6.45, 7) is 9.16. The van der Waals surface area contributed by atoms with Crippen molar-refractivity contribution in [3.05, 3.63) is 71.3 Å². The van der Waals surface area contributed by atoms with Gasteiger partial charge in [-0.3, -0.25) is 4.79 Å². The average Bonchev–Trinajstić information content (AvgIpc) is 3.39. The lowest BCUT2D eigenvalue weighted by atomic mass is 10.0. The zero-order valence-electron chi connectivity index (χ0n) is 23.0. The number of allylic oxidation sites excluding steroid dienone is 1. The Morgan fingerprint density at radius 3 is 2.77 bits per heavy atom. The van der Waals surface area contributed by atoms with E-state index < -0.39 is 0 Å². The molecule has 2 atom stereocenters. The summed E-state index contributed by atoms with van der Waals surface area (Å²) in [7, 11) is 2.13. The van der Waals surface area contributed by atoms with Crippen LogP contribution < -0.4 is 14.4 Å². The summed E-state index contributed by atoms with van der Waals surface area (Å²) in [6.07, 6.45) is 6.31. The van der Waals surface area contributed by atoms with E-state index in [1.807, 2.05) is 41.3 Å². The second-order valence-electron chi connectivity index (χ2n) is 10.8. The molecule has 0 N–H and O–H groups in total. The van der Waals surface area contributed by atoms with Gasteiger partial charge in [-0.2, -0.15) is 9.97 Å². The summed E-state index contributed by atoms with van der Waals surface area (Å²) < 4.78 is 12.7. The topological polar surface area (TPSA) is 71.0 Å². The van der Waals surface area contributed by atoms with Crippen LogP contribution in [0.4, 0.5) is 5.82 Å². The summed E-state index contributed by atoms with van der Waals surface area (Å²) in [6, 6.07) is 12.7. The maximum atomic E-state index is 12.3. The molecular weight excluding hydrogens is 526 g/mol. The molecule has 0 saturated carbocycles. The van der Waals surface area contributed by atoms with Crippen LogP contribution in [0.2, 0.25) is 5.02 Å². The van der Waals surface area contributed by atoms with E-state index in [2.05, 4.69) is 36.4 Å². The summed E-state index contributed by atoms with van der Waals surface area (Å²) >= 11 is 6.64. The highest BCUT2D eigenvalue weighted by Crippen LogP contribution is 2.39. The van der Waals surface area contributed by atoms with Gasteiger partial charge in [0.05, 0.1) is 5.56 Å². The molecule has 0 bridgehead atoms. The molecule has 0 unspecified atom stereocenters. The maximum Gasteiger partial charge on any atom is 0.321 e. The number of likely N-dealkylation sites (N-methyl/N-ethyl adjacent to an activating group) is 1. The number of hydrogen-bond acceptors (Lipinski definition) is 7. The van der Waals surface area contributed by atoms with Crippen LogP contribution >= 0.6 is 11.6 Å². The van der Waals surface area contributed by atoms with Crippen molar-refractivity contribution in [2.45, 2.75) is 38.3 Å². The minimum Gasteiger partial charge on any atom is -0.462 e. The number of anilines is 1. The number of fused-ring (bicyclic) bond motifs is 2. The van der Waals surface area contributed by atoms with Gasteiger partial charge in [0.1, 0.15) is 18.2 Å². The Morgan fingerprint density at radius 2 is 2.02 bits per heavy atom. The van der Waals surface area contributed by atoms with Crippen LogP contribution in [0.1, 0.15) is 30.9 Å². The standard InChI is InChI=1S/C31H34ClN5O3/c1-4-27(38)36-16-17-37(20(2)18-36)29-24-13-14-26(23-11-5-8-21-9-6-12-25(32)28(21)23)40-30(24)34-31(33-29)39-19-22-10-7-15-35(22)3/h4-6,8-9,11-12,14,20,22H,1,7,10,13,15-19H2,2-3H3/t20-,22-/m0/s1. The largest absolute Gasteiger partial charge is 0.462 e. The first-order valence-corrected chi connectivity index (χ1v) is 14.3. The van der Waals surface area contributed by atoms with Gasteiger partial charge in [-0.25, -0.2) is 0 Å².